The summed E-state index contributed by atoms with van der Waals surface area (Å²) >= 11 is 0. The molecule has 1 unspecified atom stereocenters. The lowest BCUT2D eigenvalue weighted by atomic mass is 9.75. The van der Waals surface area contributed by atoms with Crippen molar-refractivity contribution in [1.29, 1.82) is 0 Å². The number of hydrogen-bond donors (Lipinski definition) is 4. The maximum atomic E-state index is 14.5. The normalized spacial score (nSPS) is 22.4. The van der Waals surface area contributed by atoms with Crippen molar-refractivity contribution >= 4 is 45.8 Å². The number of aromatic nitrogens is 4. The van der Waals surface area contributed by atoms with Gasteiger partial charge in [-0.25, -0.2) is 19.6 Å². The number of benzene rings is 3. The van der Waals surface area contributed by atoms with Crippen LogP contribution in [-0.4, -0.2) is 105 Å². The van der Waals surface area contributed by atoms with Crippen LogP contribution in [0.25, 0.3) is 44.2 Å². The number of hydrogen-bond acceptors (Lipinski definition) is 10. The first-order valence-corrected chi connectivity index (χ1v) is 22.5. The van der Waals surface area contributed by atoms with Gasteiger partial charge in [0, 0.05) is 41.7 Å². The number of carbonyl (C=O) groups is 4. The average molecular weight is 875 g/mol. The van der Waals surface area contributed by atoms with Crippen LogP contribution in [0.15, 0.2) is 48.7 Å². The van der Waals surface area contributed by atoms with Gasteiger partial charge in [0.1, 0.15) is 36.1 Å². The fourth-order valence-corrected chi connectivity index (χ4v) is 10.4. The zero-order valence-corrected chi connectivity index (χ0v) is 37.6. The van der Waals surface area contributed by atoms with Gasteiger partial charge in [-0.3, -0.25) is 9.59 Å². The molecule has 64 heavy (non-hydrogen) atoms. The molecule has 3 saturated heterocycles. The van der Waals surface area contributed by atoms with E-state index in [2.05, 4.69) is 57.0 Å². The molecule has 4 aliphatic rings. The van der Waals surface area contributed by atoms with E-state index in [9.17, 15) is 19.2 Å². The Morgan fingerprint density at radius 2 is 1.52 bits per heavy atom. The molecule has 3 fully saturated rings. The highest BCUT2D eigenvalue weighted by atomic mass is 16.5. The third kappa shape index (κ3) is 7.68. The summed E-state index contributed by atoms with van der Waals surface area (Å²) in [5.74, 6) is 1.76. The molecule has 0 bridgehead atoms. The first-order valence-electron chi connectivity index (χ1n) is 22.5. The number of imidazole rings is 2. The van der Waals surface area contributed by atoms with Crippen LogP contribution in [0, 0.1) is 11.3 Å². The fourth-order valence-electron chi connectivity index (χ4n) is 10.4. The Morgan fingerprint density at radius 3 is 2.22 bits per heavy atom. The lowest BCUT2D eigenvalue weighted by Crippen LogP contribution is -2.58. The topological polar surface area (TPSA) is 193 Å². The second-order valence-electron chi connectivity index (χ2n) is 18.6. The number of rotatable bonds is 9. The SMILES string of the molecule is COC(=O)NC(C(=O)N1[C@@H](C)CC[C@H]1c1ncc(-c2ccc3c(c2)COc2cc4c(ccc5nc([C@@H]6CC[C@H](C)N6C(=O)[C@@H](NC(=O)OC)C(C)C)[nH]c54)cc2-3)[nH]1)C1(C)CCOCC1. The van der Waals surface area contributed by atoms with E-state index in [1.807, 2.05) is 56.7 Å². The molecule has 2 aromatic heterocycles. The highest BCUT2D eigenvalue weighted by Gasteiger charge is 2.48. The second-order valence-corrected chi connectivity index (χ2v) is 18.6. The summed E-state index contributed by atoms with van der Waals surface area (Å²) in [6, 6.07) is 12.5. The summed E-state index contributed by atoms with van der Waals surface area (Å²) in [7, 11) is 2.61. The van der Waals surface area contributed by atoms with Crippen LogP contribution in [0.1, 0.15) is 102 Å². The van der Waals surface area contributed by atoms with Crippen molar-refractivity contribution in [2.45, 2.75) is 116 Å². The number of ether oxygens (including phenoxy) is 4. The molecule has 3 aromatic carbocycles. The van der Waals surface area contributed by atoms with Crippen molar-refractivity contribution in [3.63, 3.8) is 0 Å². The number of aromatic amines is 2. The smallest absolute Gasteiger partial charge is 0.407 e. The molecule has 16 nitrogen and oxygen atoms in total. The standard InChI is InChI=1S/C48H58N8O8/c1-25(2)39(53-46(59)61-6)44(57)55-26(3)9-15-37(55)43-50-34-13-11-28-21-33-31-12-10-29(20-30(31)24-64-38(33)22-32(28)40(34)52-43)35-23-49-42(51-35)36-14-8-27(4)56(36)45(58)41(54-47(60)62-7)48(5)16-18-63-19-17-48/h10-13,20-23,25-27,36-37,39,41H,8-9,14-19,24H2,1-7H3,(H,49,51)(H,50,52)(H,53,59)(H,54,60)/t26-,27-,36-,37-,39-,41?/m0/s1. The molecule has 4 N–H and O–H groups in total. The first kappa shape index (κ1) is 43.1. The molecule has 4 aliphatic heterocycles. The summed E-state index contributed by atoms with van der Waals surface area (Å²) in [5.41, 5.74) is 6.09. The number of fused-ring (bicyclic) bond motifs is 6. The highest BCUT2D eigenvalue weighted by molar-refractivity contribution is 6.07. The minimum Gasteiger partial charge on any atom is -0.488 e. The van der Waals surface area contributed by atoms with E-state index < -0.39 is 29.7 Å². The van der Waals surface area contributed by atoms with Crippen molar-refractivity contribution < 1.29 is 38.1 Å². The summed E-state index contributed by atoms with van der Waals surface area (Å²) in [5, 5.41) is 7.62. The summed E-state index contributed by atoms with van der Waals surface area (Å²) in [6.45, 7) is 11.4. The Labute approximate surface area is 372 Å². The molecule has 0 radical (unpaired) electrons. The molecule has 5 aromatic rings. The number of methoxy groups -OCH3 is 2. The number of alkyl carbamates (subject to hydrolysis) is 2. The van der Waals surface area contributed by atoms with Crippen molar-refractivity contribution in [2.24, 2.45) is 11.3 Å². The van der Waals surface area contributed by atoms with Gasteiger partial charge in [0.15, 0.2) is 0 Å². The van der Waals surface area contributed by atoms with E-state index in [1.165, 1.54) is 14.2 Å². The molecular weight excluding hydrogens is 817 g/mol. The monoisotopic (exact) mass is 874 g/mol. The van der Waals surface area contributed by atoms with Crippen molar-refractivity contribution in [2.75, 3.05) is 27.4 Å². The van der Waals surface area contributed by atoms with Crippen LogP contribution in [0.3, 0.4) is 0 Å². The average Bonchev–Trinajstić information content (AvgIpc) is 4.12. The molecule has 338 valence electrons. The maximum absolute atomic E-state index is 14.5. The second kappa shape index (κ2) is 17.1. The predicted molar refractivity (Wildman–Crippen MR) is 239 cm³/mol. The number of likely N-dealkylation sites (tertiary alicyclic amines) is 2. The molecule has 4 amide bonds. The van der Waals surface area contributed by atoms with Crippen LogP contribution >= 0.6 is 0 Å². The predicted octanol–water partition coefficient (Wildman–Crippen LogP) is 7.69. The Morgan fingerprint density at radius 1 is 0.828 bits per heavy atom. The third-order valence-corrected chi connectivity index (χ3v) is 14.2. The van der Waals surface area contributed by atoms with Crippen molar-refractivity contribution in [3.05, 3.63) is 65.9 Å². The number of carbonyl (C=O) groups excluding carboxylic acids is 4. The minimum absolute atomic E-state index is 0.0287. The van der Waals surface area contributed by atoms with Crippen molar-refractivity contribution in [1.82, 2.24) is 40.4 Å². The zero-order valence-electron chi connectivity index (χ0n) is 37.6. The van der Waals surface area contributed by atoms with Crippen LogP contribution in [0.5, 0.6) is 5.75 Å². The van der Waals surface area contributed by atoms with E-state index in [4.69, 9.17) is 28.9 Å². The number of amides is 4. The van der Waals surface area contributed by atoms with Gasteiger partial charge in [0.25, 0.3) is 0 Å². The van der Waals surface area contributed by atoms with E-state index in [0.717, 1.165) is 81.2 Å². The Hall–Kier alpha value is -6.16. The van der Waals surface area contributed by atoms with Crippen molar-refractivity contribution in [3.8, 4) is 28.1 Å². The van der Waals surface area contributed by atoms with Crippen LogP contribution in [0.4, 0.5) is 9.59 Å². The number of H-pyrrole nitrogens is 2. The minimum atomic E-state index is -0.768. The highest BCUT2D eigenvalue weighted by Crippen LogP contribution is 2.45. The lowest BCUT2D eigenvalue weighted by Gasteiger charge is -2.42. The van der Waals surface area contributed by atoms with Gasteiger partial charge < -0.3 is 49.3 Å². The molecule has 16 heteroatoms. The van der Waals surface area contributed by atoms with Gasteiger partial charge in [0.2, 0.25) is 11.8 Å². The van der Waals surface area contributed by atoms with Gasteiger partial charge in [-0.1, -0.05) is 39.0 Å². The van der Waals surface area contributed by atoms with Gasteiger partial charge in [0.05, 0.1) is 49.2 Å². The van der Waals surface area contributed by atoms with Gasteiger partial charge in [-0.15, -0.1) is 0 Å². The zero-order chi connectivity index (χ0) is 45.0. The fraction of sp³-hybridized carbons (Fsp3) is 0.500. The molecule has 6 heterocycles. The third-order valence-electron chi connectivity index (χ3n) is 14.2. The molecule has 0 aliphatic carbocycles. The Bertz CT molecular complexity index is 2610. The van der Waals surface area contributed by atoms with Crippen LogP contribution in [0.2, 0.25) is 0 Å². The van der Waals surface area contributed by atoms with E-state index in [1.54, 1.807) is 0 Å². The summed E-state index contributed by atoms with van der Waals surface area (Å²) < 4.78 is 21.9. The summed E-state index contributed by atoms with van der Waals surface area (Å²) in [4.78, 5) is 73.9. The summed E-state index contributed by atoms with van der Waals surface area (Å²) in [6.07, 6.45) is 4.96. The van der Waals surface area contributed by atoms with E-state index in [0.29, 0.717) is 44.3 Å². The Kier molecular flexibility index (Phi) is 11.5. The Balaban J connectivity index is 0.964. The molecule has 9 rings (SSSR count). The molecule has 0 saturated carbocycles. The number of nitrogens with zero attached hydrogens (tertiary/aromatic N) is 4. The quantitative estimate of drug-likeness (QED) is 0.114. The number of nitrogens with one attached hydrogen (secondary N) is 4. The first-order chi connectivity index (χ1) is 30.8. The molecular formula is C48H58N8O8. The maximum Gasteiger partial charge on any atom is 0.407 e. The van der Waals surface area contributed by atoms with Gasteiger partial charge in [-0.2, -0.15) is 0 Å². The van der Waals surface area contributed by atoms with E-state index in [-0.39, 0.29) is 41.9 Å². The largest absolute Gasteiger partial charge is 0.488 e. The lowest BCUT2D eigenvalue weighted by molar-refractivity contribution is -0.141. The molecule has 6 atom stereocenters. The van der Waals surface area contributed by atoms with E-state index >= 15 is 0 Å². The van der Waals surface area contributed by atoms with Crippen LogP contribution < -0.4 is 15.4 Å². The molecule has 0 spiro atoms. The van der Waals surface area contributed by atoms with Gasteiger partial charge >= 0.3 is 12.2 Å². The van der Waals surface area contributed by atoms with Gasteiger partial charge in [-0.05, 0) is 105 Å². The van der Waals surface area contributed by atoms with Crippen LogP contribution in [-0.2, 0) is 30.4 Å².